The molecule has 0 aliphatic heterocycles. The zero-order valence-corrected chi connectivity index (χ0v) is 12.3. The van der Waals surface area contributed by atoms with Crippen molar-refractivity contribution in [2.24, 2.45) is 7.05 Å². The van der Waals surface area contributed by atoms with Crippen LogP contribution in [0.15, 0.2) is 41.4 Å². The summed E-state index contributed by atoms with van der Waals surface area (Å²) in [6, 6.07) is 8.36. The Hall–Kier alpha value is -1.66. The van der Waals surface area contributed by atoms with Gasteiger partial charge in [-0.2, -0.15) is 5.10 Å². The maximum Gasteiger partial charge on any atom is 0.175 e. The van der Waals surface area contributed by atoms with Crippen molar-refractivity contribution in [1.82, 2.24) is 9.78 Å². The first-order chi connectivity index (χ1) is 9.38. The lowest BCUT2D eigenvalue weighted by atomic mass is 10.0. The van der Waals surface area contributed by atoms with E-state index in [1.54, 1.807) is 23.0 Å². The van der Waals surface area contributed by atoms with Crippen molar-refractivity contribution in [3.63, 3.8) is 0 Å². The summed E-state index contributed by atoms with van der Waals surface area (Å²) in [7, 11) is -1.40. The van der Waals surface area contributed by atoms with Crippen LogP contribution in [0.25, 0.3) is 0 Å². The van der Waals surface area contributed by atoms with Crippen LogP contribution < -0.4 is 0 Å². The van der Waals surface area contributed by atoms with Gasteiger partial charge in [-0.25, -0.2) is 8.42 Å². The molecule has 0 aliphatic carbocycles. The molecule has 0 aliphatic rings. The van der Waals surface area contributed by atoms with Crippen LogP contribution in [0.2, 0.25) is 0 Å². The first-order valence-electron chi connectivity index (χ1n) is 6.33. The van der Waals surface area contributed by atoms with Crippen LogP contribution in [0.4, 0.5) is 0 Å². The van der Waals surface area contributed by atoms with E-state index in [0.29, 0.717) is 18.4 Å². The van der Waals surface area contributed by atoms with Crippen molar-refractivity contribution < 1.29 is 13.5 Å². The molecule has 0 saturated carbocycles. The number of aliphatic hydroxyl groups excluding tert-OH is 1. The summed E-state index contributed by atoms with van der Waals surface area (Å²) in [5.41, 5.74) is 1.65. The summed E-state index contributed by atoms with van der Waals surface area (Å²) in [6.07, 6.45) is 3.39. The standard InChI is InChI=1S/C14H18N2O3S/c1-16-12(8-9-15-16)6-7-14(17)11-4-3-5-13(10-11)20(2,18)19/h3-5,8-10,14,17H,6-7H2,1-2H3. The van der Waals surface area contributed by atoms with E-state index in [4.69, 9.17) is 0 Å². The van der Waals surface area contributed by atoms with Gasteiger partial charge in [-0.1, -0.05) is 12.1 Å². The van der Waals surface area contributed by atoms with E-state index < -0.39 is 15.9 Å². The number of aromatic nitrogens is 2. The number of hydrogen-bond donors (Lipinski definition) is 1. The van der Waals surface area contributed by atoms with Crippen molar-refractivity contribution in [2.75, 3.05) is 6.26 Å². The summed E-state index contributed by atoms with van der Waals surface area (Å²) < 4.78 is 24.8. The number of nitrogens with zero attached hydrogens (tertiary/aromatic N) is 2. The topological polar surface area (TPSA) is 72.2 Å². The van der Waals surface area contributed by atoms with Crippen LogP contribution >= 0.6 is 0 Å². The minimum absolute atomic E-state index is 0.231. The fraction of sp³-hybridized carbons (Fsp3) is 0.357. The zero-order valence-electron chi connectivity index (χ0n) is 11.5. The second kappa shape index (κ2) is 5.76. The molecule has 0 saturated heterocycles. The van der Waals surface area contributed by atoms with Gasteiger partial charge in [0.25, 0.3) is 0 Å². The molecule has 2 aromatic rings. The lowest BCUT2D eigenvalue weighted by Crippen LogP contribution is -2.05. The smallest absolute Gasteiger partial charge is 0.175 e. The molecule has 20 heavy (non-hydrogen) atoms. The highest BCUT2D eigenvalue weighted by atomic mass is 32.2. The number of aliphatic hydroxyl groups is 1. The van der Waals surface area contributed by atoms with Crippen molar-refractivity contribution >= 4 is 9.84 Å². The SMILES string of the molecule is Cn1nccc1CCC(O)c1cccc(S(C)(=O)=O)c1. The Kier molecular flexibility index (Phi) is 4.25. The highest BCUT2D eigenvalue weighted by Gasteiger charge is 2.13. The van der Waals surface area contributed by atoms with Crippen molar-refractivity contribution in [3.05, 3.63) is 47.8 Å². The summed E-state index contributed by atoms with van der Waals surface area (Å²) in [5, 5.41) is 14.2. The summed E-state index contributed by atoms with van der Waals surface area (Å²) in [4.78, 5) is 0.231. The summed E-state index contributed by atoms with van der Waals surface area (Å²) in [6.45, 7) is 0. The van der Waals surface area contributed by atoms with E-state index in [2.05, 4.69) is 5.10 Å². The molecular weight excluding hydrogens is 276 g/mol. The fourth-order valence-corrected chi connectivity index (χ4v) is 2.73. The zero-order chi connectivity index (χ0) is 14.8. The second-order valence-corrected chi connectivity index (χ2v) is 6.86. The van der Waals surface area contributed by atoms with E-state index in [1.165, 1.54) is 12.1 Å². The highest BCUT2D eigenvalue weighted by molar-refractivity contribution is 7.90. The Labute approximate surface area is 118 Å². The summed E-state index contributed by atoms with van der Waals surface area (Å²) >= 11 is 0. The first-order valence-corrected chi connectivity index (χ1v) is 8.22. The monoisotopic (exact) mass is 294 g/mol. The molecule has 1 heterocycles. The van der Waals surface area contributed by atoms with Gasteiger partial charge in [0.15, 0.2) is 9.84 Å². The Morgan fingerprint density at radius 2 is 2.10 bits per heavy atom. The van der Waals surface area contributed by atoms with Crippen molar-refractivity contribution in [1.29, 1.82) is 0 Å². The van der Waals surface area contributed by atoms with Gasteiger partial charge >= 0.3 is 0 Å². The third-order valence-electron chi connectivity index (χ3n) is 3.27. The van der Waals surface area contributed by atoms with Crippen LogP contribution in [0, 0.1) is 0 Å². The fourth-order valence-electron chi connectivity index (χ4n) is 2.05. The second-order valence-electron chi connectivity index (χ2n) is 4.85. The highest BCUT2D eigenvalue weighted by Crippen LogP contribution is 2.21. The minimum Gasteiger partial charge on any atom is -0.388 e. The molecule has 6 heteroatoms. The van der Waals surface area contributed by atoms with E-state index >= 15 is 0 Å². The molecule has 0 amide bonds. The minimum atomic E-state index is -3.25. The Balaban J connectivity index is 2.10. The van der Waals surface area contributed by atoms with E-state index in [0.717, 1.165) is 11.9 Å². The summed E-state index contributed by atoms with van der Waals surface area (Å²) in [5.74, 6) is 0. The van der Waals surface area contributed by atoms with Gasteiger partial charge in [-0.15, -0.1) is 0 Å². The largest absolute Gasteiger partial charge is 0.388 e. The average molecular weight is 294 g/mol. The normalized spacial score (nSPS) is 13.3. The molecule has 0 fully saturated rings. The molecule has 1 aromatic carbocycles. The Morgan fingerprint density at radius 3 is 2.70 bits per heavy atom. The molecule has 2 rings (SSSR count). The van der Waals surface area contributed by atoms with Crippen LogP contribution in [0.1, 0.15) is 23.8 Å². The van der Waals surface area contributed by atoms with Gasteiger partial charge in [0, 0.05) is 25.2 Å². The lowest BCUT2D eigenvalue weighted by Gasteiger charge is -2.12. The van der Waals surface area contributed by atoms with Crippen LogP contribution in [-0.4, -0.2) is 29.6 Å². The maximum atomic E-state index is 11.5. The molecule has 1 aromatic heterocycles. The van der Waals surface area contributed by atoms with Gasteiger partial charge in [-0.3, -0.25) is 4.68 Å². The third kappa shape index (κ3) is 3.46. The van der Waals surface area contributed by atoms with Crippen LogP contribution in [0.5, 0.6) is 0 Å². The lowest BCUT2D eigenvalue weighted by molar-refractivity contribution is 0.167. The Bertz CT molecular complexity index is 692. The number of hydrogen-bond acceptors (Lipinski definition) is 4. The molecule has 0 bridgehead atoms. The molecule has 0 spiro atoms. The van der Waals surface area contributed by atoms with Crippen LogP contribution in [0.3, 0.4) is 0 Å². The quantitative estimate of drug-likeness (QED) is 0.907. The maximum absolute atomic E-state index is 11.5. The average Bonchev–Trinajstić information content (AvgIpc) is 2.81. The van der Waals surface area contributed by atoms with Gasteiger partial charge in [-0.05, 0) is 36.6 Å². The van der Waals surface area contributed by atoms with E-state index in [1.807, 2.05) is 13.1 Å². The molecule has 1 N–H and O–H groups in total. The van der Waals surface area contributed by atoms with Gasteiger partial charge in [0.2, 0.25) is 0 Å². The third-order valence-corrected chi connectivity index (χ3v) is 4.38. The molecule has 1 atom stereocenters. The number of aryl methyl sites for hydroxylation is 2. The Morgan fingerprint density at radius 1 is 1.35 bits per heavy atom. The molecule has 108 valence electrons. The predicted molar refractivity (Wildman–Crippen MR) is 76.0 cm³/mol. The van der Waals surface area contributed by atoms with Gasteiger partial charge in [0.1, 0.15) is 0 Å². The van der Waals surface area contributed by atoms with Gasteiger partial charge < -0.3 is 5.11 Å². The van der Waals surface area contributed by atoms with E-state index in [9.17, 15) is 13.5 Å². The number of rotatable bonds is 5. The number of benzene rings is 1. The molecule has 0 radical (unpaired) electrons. The number of sulfone groups is 1. The van der Waals surface area contributed by atoms with E-state index in [-0.39, 0.29) is 4.90 Å². The van der Waals surface area contributed by atoms with Crippen LogP contribution in [-0.2, 0) is 23.3 Å². The molecule has 1 unspecified atom stereocenters. The molecular formula is C14H18N2O3S. The predicted octanol–water partition coefficient (Wildman–Crippen LogP) is 1.49. The van der Waals surface area contributed by atoms with Crippen molar-refractivity contribution in [2.45, 2.75) is 23.8 Å². The molecule has 5 nitrogen and oxygen atoms in total. The first kappa shape index (κ1) is 14.7. The van der Waals surface area contributed by atoms with Gasteiger partial charge in [0.05, 0.1) is 11.0 Å². The van der Waals surface area contributed by atoms with Crippen molar-refractivity contribution in [3.8, 4) is 0 Å².